The highest BCUT2D eigenvalue weighted by Gasteiger charge is 2.42. The van der Waals surface area contributed by atoms with E-state index < -0.39 is 0 Å². The van der Waals surface area contributed by atoms with E-state index in [0.717, 1.165) is 57.7 Å². The highest BCUT2D eigenvalue weighted by molar-refractivity contribution is 5.67. The van der Waals surface area contributed by atoms with Gasteiger partial charge in [-0.25, -0.2) is 4.79 Å². The number of piperazine rings is 1. The molecule has 5 nitrogen and oxygen atoms in total. The zero-order valence-electron chi connectivity index (χ0n) is 17.3. The van der Waals surface area contributed by atoms with Crippen molar-refractivity contribution in [1.82, 2.24) is 14.7 Å². The Morgan fingerprint density at radius 2 is 1.45 bits per heavy atom. The van der Waals surface area contributed by atoms with Crippen LogP contribution in [0.3, 0.4) is 0 Å². The van der Waals surface area contributed by atoms with Crippen molar-refractivity contribution in [3.63, 3.8) is 0 Å². The lowest BCUT2D eigenvalue weighted by Gasteiger charge is -2.51. The minimum absolute atomic E-state index is 0.0772. The Labute approximate surface area is 173 Å². The fourth-order valence-electron chi connectivity index (χ4n) is 4.65. The van der Waals surface area contributed by atoms with Crippen LogP contribution in [0.4, 0.5) is 4.79 Å². The maximum Gasteiger partial charge on any atom is 0.410 e. The largest absolute Gasteiger partial charge is 0.445 e. The summed E-state index contributed by atoms with van der Waals surface area (Å²) in [6.45, 7) is 5.76. The van der Waals surface area contributed by atoms with Gasteiger partial charge in [0.1, 0.15) is 6.61 Å². The van der Waals surface area contributed by atoms with E-state index in [9.17, 15) is 4.79 Å². The van der Waals surface area contributed by atoms with Crippen LogP contribution in [0.2, 0.25) is 0 Å². The van der Waals surface area contributed by atoms with Crippen LogP contribution in [-0.4, -0.2) is 67.1 Å². The summed E-state index contributed by atoms with van der Waals surface area (Å²) in [5.41, 5.74) is 2.51. The minimum atomic E-state index is -0.203. The predicted octanol–water partition coefficient (Wildman–Crippen LogP) is 3.56. The molecule has 0 unspecified atom stereocenters. The SMILES string of the molecule is CN1CCC(c2ccccc2)(N2CCN(C(=O)OCc3ccccc3)CC2)CC1. The van der Waals surface area contributed by atoms with Gasteiger partial charge in [-0.1, -0.05) is 60.7 Å². The van der Waals surface area contributed by atoms with Crippen LogP contribution in [0.1, 0.15) is 24.0 Å². The predicted molar refractivity (Wildman–Crippen MR) is 115 cm³/mol. The summed E-state index contributed by atoms with van der Waals surface area (Å²) < 4.78 is 5.53. The Bertz CT molecular complexity index is 780. The Balaban J connectivity index is 1.38. The number of rotatable bonds is 4. The second kappa shape index (κ2) is 8.97. The van der Waals surface area contributed by atoms with Crippen LogP contribution in [0.15, 0.2) is 60.7 Å². The molecule has 2 saturated heterocycles. The first kappa shape index (κ1) is 19.9. The fourth-order valence-corrected chi connectivity index (χ4v) is 4.65. The van der Waals surface area contributed by atoms with Crippen LogP contribution in [0.5, 0.6) is 0 Å². The van der Waals surface area contributed by atoms with Crippen molar-refractivity contribution in [3.8, 4) is 0 Å². The van der Waals surface area contributed by atoms with Crippen LogP contribution in [0, 0.1) is 0 Å². The summed E-state index contributed by atoms with van der Waals surface area (Å²) in [6, 6.07) is 20.8. The molecule has 5 heteroatoms. The Morgan fingerprint density at radius 3 is 2.07 bits per heavy atom. The molecule has 0 aromatic heterocycles. The quantitative estimate of drug-likeness (QED) is 0.796. The van der Waals surface area contributed by atoms with Crippen LogP contribution >= 0.6 is 0 Å². The number of hydrogen-bond acceptors (Lipinski definition) is 4. The highest BCUT2D eigenvalue weighted by Crippen LogP contribution is 2.39. The number of ether oxygens (including phenoxy) is 1. The molecule has 0 saturated carbocycles. The number of nitrogens with zero attached hydrogens (tertiary/aromatic N) is 3. The summed E-state index contributed by atoms with van der Waals surface area (Å²) in [7, 11) is 2.20. The average molecular weight is 394 g/mol. The lowest BCUT2D eigenvalue weighted by molar-refractivity contribution is -0.0113. The molecule has 1 amide bonds. The molecule has 0 spiro atoms. The summed E-state index contributed by atoms with van der Waals surface area (Å²) in [4.78, 5) is 19.4. The van der Waals surface area contributed by atoms with E-state index in [1.54, 1.807) is 0 Å². The smallest absolute Gasteiger partial charge is 0.410 e. The summed E-state index contributed by atoms with van der Waals surface area (Å²) in [5, 5.41) is 0. The molecular weight excluding hydrogens is 362 g/mol. The standard InChI is InChI=1S/C24H31N3O2/c1-25-14-12-24(13-15-25,22-10-6-3-7-11-22)27-18-16-26(17-19-27)23(28)29-20-21-8-4-2-5-9-21/h2-11H,12-20H2,1H3. The van der Waals surface area contributed by atoms with E-state index in [-0.39, 0.29) is 11.6 Å². The molecule has 0 atom stereocenters. The van der Waals surface area contributed by atoms with Gasteiger partial charge in [0, 0.05) is 31.7 Å². The molecule has 0 aliphatic carbocycles. The molecule has 2 aromatic rings. The van der Waals surface area contributed by atoms with Crippen molar-refractivity contribution in [1.29, 1.82) is 0 Å². The number of benzene rings is 2. The second-order valence-electron chi connectivity index (χ2n) is 8.22. The fraction of sp³-hybridized carbons (Fsp3) is 0.458. The Kier molecular flexibility index (Phi) is 6.16. The maximum absolute atomic E-state index is 12.5. The Morgan fingerprint density at radius 1 is 0.862 bits per heavy atom. The van der Waals surface area contributed by atoms with Crippen molar-refractivity contribution in [2.24, 2.45) is 0 Å². The van der Waals surface area contributed by atoms with E-state index in [1.165, 1.54) is 5.56 Å². The van der Waals surface area contributed by atoms with Crippen LogP contribution in [0.25, 0.3) is 0 Å². The van der Waals surface area contributed by atoms with Crippen molar-refractivity contribution in [2.75, 3.05) is 46.3 Å². The molecule has 4 rings (SSSR count). The second-order valence-corrected chi connectivity index (χ2v) is 8.22. The third-order valence-corrected chi connectivity index (χ3v) is 6.47. The van der Waals surface area contributed by atoms with Crippen LogP contribution < -0.4 is 0 Å². The van der Waals surface area contributed by atoms with E-state index in [1.807, 2.05) is 35.2 Å². The van der Waals surface area contributed by atoms with E-state index in [2.05, 4.69) is 47.2 Å². The zero-order chi connectivity index (χ0) is 20.1. The zero-order valence-corrected chi connectivity index (χ0v) is 17.3. The average Bonchev–Trinajstić information content (AvgIpc) is 2.80. The van der Waals surface area contributed by atoms with E-state index in [4.69, 9.17) is 4.74 Å². The number of likely N-dealkylation sites (tertiary alicyclic amines) is 1. The topological polar surface area (TPSA) is 36.0 Å². The maximum atomic E-state index is 12.5. The lowest BCUT2D eigenvalue weighted by Crippen LogP contribution is -2.59. The molecule has 2 heterocycles. The molecule has 0 radical (unpaired) electrons. The van der Waals surface area contributed by atoms with Gasteiger partial charge in [0.05, 0.1) is 0 Å². The first-order valence-electron chi connectivity index (χ1n) is 10.6. The minimum Gasteiger partial charge on any atom is -0.445 e. The molecule has 29 heavy (non-hydrogen) atoms. The molecule has 154 valence electrons. The third kappa shape index (κ3) is 4.46. The number of piperidine rings is 1. The summed E-state index contributed by atoms with van der Waals surface area (Å²) in [6.07, 6.45) is 2.06. The van der Waals surface area contributed by atoms with Gasteiger partial charge in [0.25, 0.3) is 0 Å². The van der Waals surface area contributed by atoms with Crippen LogP contribution in [-0.2, 0) is 16.9 Å². The van der Waals surface area contributed by atoms with Gasteiger partial charge in [-0.15, -0.1) is 0 Å². The summed E-state index contributed by atoms with van der Waals surface area (Å²) >= 11 is 0. The van der Waals surface area contributed by atoms with Crippen molar-refractivity contribution in [2.45, 2.75) is 25.0 Å². The third-order valence-electron chi connectivity index (χ3n) is 6.47. The first-order chi connectivity index (χ1) is 14.2. The number of hydrogen-bond donors (Lipinski definition) is 0. The molecular formula is C24H31N3O2. The van der Waals surface area contributed by atoms with Crippen molar-refractivity contribution < 1.29 is 9.53 Å². The highest BCUT2D eigenvalue weighted by atomic mass is 16.6. The van der Waals surface area contributed by atoms with Gasteiger partial charge >= 0.3 is 6.09 Å². The van der Waals surface area contributed by atoms with E-state index in [0.29, 0.717) is 6.61 Å². The number of carbonyl (C=O) groups excluding carboxylic acids is 1. The van der Waals surface area contributed by atoms with Gasteiger partial charge in [0.15, 0.2) is 0 Å². The first-order valence-corrected chi connectivity index (χ1v) is 10.6. The molecule has 2 fully saturated rings. The van der Waals surface area contributed by atoms with Crippen molar-refractivity contribution >= 4 is 6.09 Å². The van der Waals surface area contributed by atoms with Gasteiger partial charge in [-0.3, -0.25) is 4.90 Å². The number of carbonyl (C=O) groups is 1. The Hall–Kier alpha value is -2.37. The monoisotopic (exact) mass is 393 g/mol. The normalized spacial score (nSPS) is 20.4. The summed E-state index contributed by atoms with van der Waals surface area (Å²) in [5.74, 6) is 0. The van der Waals surface area contributed by atoms with Gasteiger partial charge in [-0.2, -0.15) is 0 Å². The van der Waals surface area contributed by atoms with Gasteiger partial charge < -0.3 is 14.5 Å². The molecule has 2 aliphatic rings. The molecule has 2 aliphatic heterocycles. The van der Waals surface area contributed by atoms with Gasteiger partial charge in [0.2, 0.25) is 0 Å². The molecule has 0 bridgehead atoms. The lowest BCUT2D eigenvalue weighted by atomic mass is 9.79. The van der Waals surface area contributed by atoms with Crippen molar-refractivity contribution in [3.05, 3.63) is 71.8 Å². The van der Waals surface area contributed by atoms with E-state index >= 15 is 0 Å². The number of amides is 1. The molecule has 2 aromatic carbocycles. The molecule has 0 N–H and O–H groups in total. The van der Waals surface area contributed by atoms with Gasteiger partial charge in [-0.05, 0) is 44.1 Å².